The van der Waals surface area contributed by atoms with Gasteiger partial charge in [0.15, 0.2) is 0 Å². The molecule has 0 bridgehead atoms. The summed E-state index contributed by atoms with van der Waals surface area (Å²) in [5, 5.41) is 14.1. The third kappa shape index (κ3) is 9.12. The van der Waals surface area contributed by atoms with Gasteiger partial charge in [-0.15, -0.1) is 22.7 Å². The first-order valence-corrected chi connectivity index (χ1v) is 16.4. The predicted octanol–water partition coefficient (Wildman–Crippen LogP) is 4.95. The molecule has 1 fully saturated rings. The normalized spacial score (nSPS) is 18.9. The van der Waals surface area contributed by atoms with Crippen molar-refractivity contribution in [2.24, 2.45) is 0 Å². The molecule has 1 saturated carbocycles. The van der Waals surface area contributed by atoms with Gasteiger partial charge in [-0.1, -0.05) is 25.0 Å². The Hall–Kier alpha value is -1.34. The summed E-state index contributed by atoms with van der Waals surface area (Å²) < 4.78 is 38.8. The van der Waals surface area contributed by atoms with E-state index in [-0.39, 0.29) is 12.7 Å². The van der Waals surface area contributed by atoms with Crippen LogP contribution in [0.1, 0.15) is 61.1 Å². The van der Waals surface area contributed by atoms with Crippen molar-refractivity contribution in [2.75, 3.05) is 39.7 Å². The topological polar surface area (TPSA) is 102 Å². The van der Waals surface area contributed by atoms with Gasteiger partial charge in [0, 0.05) is 19.2 Å². The van der Waals surface area contributed by atoms with E-state index in [1.807, 2.05) is 35.0 Å². The molecule has 0 atom stereocenters. The quantitative estimate of drug-likeness (QED) is 0.210. The molecule has 11 heteroatoms. The molecule has 0 radical (unpaired) electrons. The summed E-state index contributed by atoms with van der Waals surface area (Å²) in [6.45, 7) is 2.46. The fraction of sp³-hybridized carbons (Fsp3) is 0.654. The number of hydrogen-bond acceptors (Lipinski definition) is 9. The molecule has 0 aliphatic heterocycles. The van der Waals surface area contributed by atoms with Crippen molar-refractivity contribution >= 4 is 38.8 Å². The summed E-state index contributed by atoms with van der Waals surface area (Å²) in [6, 6.07) is 7.89. The minimum Gasteiger partial charge on any atom is -0.479 e. The van der Waals surface area contributed by atoms with E-state index in [9.17, 15) is 18.3 Å². The lowest BCUT2D eigenvalue weighted by Gasteiger charge is -2.38. The van der Waals surface area contributed by atoms with Gasteiger partial charge in [0.2, 0.25) is 5.60 Å². The van der Waals surface area contributed by atoms with Gasteiger partial charge in [0.25, 0.3) is 10.1 Å². The summed E-state index contributed by atoms with van der Waals surface area (Å²) in [6.07, 6.45) is 8.12. The van der Waals surface area contributed by atoms with Crippen LogP contribution >= 0.6 is 22.7 Å². The lowest BCUT2D eigenvalue weighted by molar-refractivity contribution is -0.170. The monoisotopic (exact) mass is 573 g/mol. The Morgan fingerprint density at radius 3 is 2.11 bits per heavy atom. The second-order valence-corrected chi connectivity index (χ2v) is 13.1. The first-order valence-electron chi connectivity index (χ1n) is 12.8. The minimum absolute atomic E-state index is 0.107. The molecule has 1 aliphatic carbocycles. The lowest BCUT2D eigenvalue weighted by Crippen LogP contribution is -2.44. The number of rotatable bonds is 17. The first-order chi connectivity index (χ1) is 17.7. The molecule has 0 saturated heterocycles. The summed E-state index contributed by atoms with van der Waals surface area (Å²) in [4.78, 5) is 16.4. The van der Waals surface area contributed by atoms with E-state index in [0.29, 0.717) is 29.0 Å². The molecular formula is C26H39NO7S3. The molecule has 2 heterocycles. The number of carbonyl (C=O) groups is 1. The molecule has 0 amide bonds. The fourth-order valence-electron chi connectivity index (χ4n) is 4.67. The summed E-state index contributed by atoms with van der Waals surface area (Å²) in [5.74, 6) is -0.962. The van der Waals surface area contributed by atoms with Gasteiger partial charge >= 0.3 is 5.97 Å². The number of carboxylic acids is 1. The molecule has 1 N–H and O–H groups in total. The molecule has 2 aromatic heterocycles. The summed E-state index contributed by atoms with van der Waals surface area (Å²) >= 11 is 2.84. The number of thiophene rings is 2. The van der Waals surface area contributed by atoms with Crippen LogP contribution in [0.15, 0.2) is 35.0 Å². The number of carboxylic acid groups (broad SMARTS) is 1. The van der Waals surface area contributed by atoms with Crippen LogP contribution in [0.3, 0.4) is 0 Å². The average molecular weight is 574 g/mol. The molecule has 0 unspecified atom stereocenters. The first kappa shape index (κ1) is 30.2. The second-order valence-electron chi connectivity index (χ2n) is 9.52. The maximum Gasteiger partial charge on any atom is 0.347 e. The maximum absolute atomic E-state index is 12.6. The maximum atomic E-state index is 12.6. The molecule has 3 rings (SSSR count). The van der Waals surface area contributed by atoms with Crippen LogP contribution in [-0.4, -0.2) is 76.2 Å². The molecule has 2 aromatic rings. The highest BCUT2D eigenvalue weighted by molar-refractivity contribution is 7.85. The standard InChI is InChI=1S/C26H39NO7S3/c1-27(15-18-32-16-5-3-4-6-17-33-37(2,30)31)21-11-13-22(14-12-21)34-26(25(28)29,23-9-7-19-35-23)24-10-8-20-36-24/h7-10,19-22H,3-6,11-18H2,1-2H3,(H,28,29)/t21-,22-. The molecular weight excluding hydrogens is 534 g/mol. The van der Waals surface area contributed by atoms with E-state index >= 15 is 0 Å². The number of unbranched alkanes of at least 4 members (excludes halogenated alkanes) is 3. The van der Waals surface area contributed by atoms with E-state index in [0.717, 1.165) is 64.2 Å². The highest BCUT2D eigenvalue weighted by atomic mass is 32.2. The Morgan fingerprint density at radius 1 is 1.00 bits per heavy atom. The van der Waals surface area contributed by atoms with E-state index in [2.05, 4.69) is 11.9 Å². The molecule has 0 spiro atoms. The van der Waals surface area contributed by atoms with Crippen molar-refractivity contribution in [3.05, 3.63) is 44.8 Å². The van der Waals surface area contributed by atoms with Crippen molar-refractivity contribution in [1.29, 1.82) is 0 Å². The van der Waals surface area contributed by atoms with Crippen LogP contribution in [0.5, 0.6) is 0 Å². The minimum atomic E-state index is -3.34. The lowest BCUT2D eigenvalue weighted by atomic mass is 9.90. The van der Waals surface area contributed by atoms with Gasteiger partial charge in [0.1, 0.15) is 0 Å². The Morgan fingerprint density at radius 2 is 1.59 bits per heavy atom. The highest BCUT2D eigenvalue weighted by Crippen LogP contribution is 2.42. The second kappa shape index (κ2) is 14.7. The Balaban J connectivity index is 1.36. The average Bonchev–Trinajstić information content (AvgIpc) is 3.58. The van der Waals surface area contributed by atoms with Crippen molar-refractivity contribution in [2.45, 2.75) is 69.1 Å². The van der Waals surface area contributed by atoms with Gasteiger partial charge in [-0.2, -0.15) is 8.42 Å². The smallest absolute Gasteiger partial charge is 0.347 e. The zero-order valence-electron chi connectivity index (χ0n) is 21.7. The largest absolute Gasteiger partial charge is 0.479 e. The van der Waals surface area contributed by atoms with Crippen LogP contribution in [0, 0.1) is 0 Å². The van der Waals surface area contributed by atoms with Crippen LogP contribution in [-0.2, 0) is 34.2 Å². The van der Waals surface area contributed by atoms with E-state index in [1.165, 1.54) is 22.7 Å². The molecule has 208 valence electrons. The number of hydrogen-bond donors (Lipinski definition) is 1. The number of nitrogens with zero attached hydrogens (tertiary/aromatic N) is 1. The van der Waals surface area contributed by atoms with E-state index in [1.54, 1.807) is 0 Å². The predicted molar refractivity (Wildman–Crippen MR) is 147 cm³/mol. The van der Waals surface area contributed by atoms with Gasteiger partial charge < -0.3 is 19.5 Å². The zero-order chi connectivity index (χ0) is 26.7. The Bertz CT molecular complexity index is 983. The van der Waals surface area contributed by atoms with Crippen molar-refractivity contribution in [3.63, 3.8) is 0 Å². The van der Waals surface area contributed by atoms with Gasteiger partial charge in [-0.25, -0.2) is 4.79 Å². The van der Waals surface area contributed by atoms with E-state index in [4.69, 9.17) is 13.7 Å². The number of likely N-dealkylation sites (N-methyl/N-ethyl adjacent to an activating group) is 1. The van der Waals surface area contributed by atoms with Gasteiger partial charge in [-0.3, -0.25) is 4.18 Å². The summed E-state index contributed by atoms with van der Waals surface area (Å²) in [7, 11) is -1.22. The van der Waals surface area contributed by atoms with Crippen molar-refractivity contribution in [1.82, 2.24) is 4.90 Å². The van der Waals surface area contributed by atoms with Crippen molar-refractivity contribution < 1.29 is 32.0 Å². The molecule has 1 aliphatic rings. The fourth-order valence-corrected chi connectivity index (χ4v) is 6.90. The summed E-state index contributed by atoms with van der Waals surface area (Å²) in [5.41, 5.74) is -1.44. The van der Waals surface area contributed by atoms with Crippen LogP contribution in [0.2, 0.25) is 0 Å². The number of ether oxygens (including phenoxy) is 2. The van der Waals surface area contributed by atoms with E-state index < -0.39 is 21.7 Å². The van der Waals surface area contributed by atoms with Crippen molar-refractivity contribution in [3.8, 4) is 0 Å². The van der Waals surface area contributed by atoms with Crippen LogP contribution in [0.25, 0.3) is 0 Å². The Kier molecular flexibility index (Phi) is 12.0. The molecule has 8 nitrogen and oxygen atoms in total. The van der Waals surface area contributed by atoms with Gasteiger partial charge in [0.05, 0.1) is 35.3 Å². The molecule has 0 aromatic carbocycles. The zero-order valence-corrected chi connectivity index (χ0v) is 24.1. The van der Waals surface area contributed by atoms with Crippen LogP contribution < -0.4 is 0 Å². The molecule has 37 heavy (non-hydrogen) atoms. The number of aliphatic carboxylic acids is 1. The van der Waals surface area contributed by atoms with Gasteiger partial charge in [-0.05, 0) is 68.5 Å². The highest BCUT2D eigenvalue weighted by Gasteiger charge is 2.48. The third-order valence-electron chi connectivity index (χ3n) is 6.72. The Labute approximate surface area is 228 Å². The third-order valence-corrected chi connectivity index (χ3v) is 9.25. The van der Waals surface area contributed by atoms with Crippen LogP contribution in [0.4, 0.5) is 0 Å². The SMILES string of the molecule is CN(CCOCCCCCCOS(C)(=O)=O)[C@H]1CC[C@H](OC(C(=O)O)(c2cccs2)c2cccs2)CC1.